The molecule has 0 aromatic heterocycles. The fraction of sp³-hybridized carbons (Fsp3) is 0.333. The number of hydrogen-bond acceptors (Lipinski definition) is 2. The summed E-state index contributed by atoms with van der Waals surface area (Å²) >= 11 is 0. The molecule has 0 spiro atoms. The first-order valence-corrected chi connectivity index (χ1v) is 12.4. The van der Waals surface area contributed by atoms with Crippen LogP contribution in [-0.2, 0) is 8.23 Å². The highest BCUT2D eigenvalue weighted by atomic mass is 28.4. The SMILES string of the molecule is FC(F)=C(F)C(F)(F)[SiH](O[SiH2]O[SiH](C(F)(F)C(F)=C(F)F)C(F)(F)C(F)=C(F)F)C(F)(F)C(F)=C(F)F. The van der Waals surface area contributed by atoms with Crippen LogP contribution < -0.4 is 0 Å². The Bertz CT molecular complexity index is 810. The fourth-order valence-electron chi connectivity index (χ4n) is 2.01. The first kappa shape index (κ1) is 35.1. The zero-order valence-corrected chi connectivity index (χ0v) is 20.0. The third-order valence-electron chi connectivity index (χ3n) is 3.62. The maximum atomic E-state index is 13.8. The quantitative estimate of drug-likeness (QED) is 0.179. The number of rotatable bonds is 12. The molecular formula is C12H4F20O2Si3. The molecule has 0 atom stereocenters. The minimum atomic E-state index is -7.17. The largest absolute Gasteiger partial charge is 0.434 e. The molecule has 0 fully saturated rings. The van der Waals surface area contributed by atoms with E-state index in [-0.39, 0.29) is 0 Å². The lowest BCUT2D eigenvalue weighted by molar-refractivity contribution is 0.0137. The molecule has 0 aromatic carbocycles. The van der Waals surface area contributed by atoms with Crippen molar-refractivity contribution in [2.24, 2.45) is 0 Å². The van der Waals surface area contributed by atoms with Crippen LogP contribution in [0, 0.1) is 0 Å². The van der Waals surface area contributed by atoms with E-state index in [9.17, 15) is 87.8 Å². The van der Waals surface area contributed by atoms with Gasteiger partial charge in [0.2, 0.25) is 23.3 Å². The molecule has 0 aliphatic heterocycles. The van der Waals surface area contributed by atoms with Gasteiger partial charge in [0.05, 0.1) is 0 Å². The smallest absolute Gasteiger partial charge is 0.343 e. The molecule has 216 valence electrons. The summed E-state index contributed by atoms with van der Waals surface area (Å²) in [4.78, 5) is 0. The lowest BCUT2D eigenvalue weighted by atomic mass is 10.6. The van der Waals surface area contributed by atoms with E-state index in [0.717, 1.165) is 0 Å². The highest BCUT2D eigenvalue weighted by Gasteiger charge is 2.67. The van der Waals surface area contributed by atoms with Crippen molar-refractivity contribution in [1.29, 1.82) is 0 Å². The van der Waals surface area contributed by atoms with E-state index < -0.39 is 97.9 Å². The maximum absolute atomic E-state index is 13.8. The first-order chi connectivity index (χ1) is 16.4. The highest BCUT2D eigenvalue weighted by molar-refractivity contribution is 6.68. The molecular weight excluding hydrogens is 640 g/mol. The van der Waals surface area contributed by atoms with E-state index in [2.05, 4.69) is 8.23 Å². The van der Waals surface area contributed by atoms with E-state index >= 15 is 0 Å². The highest BCUT2D eigenvalue weighted by Crippen LogP contribution is 2.45. The molecule has 0 aliphatic rings. The summed E-state index contributed by atoms with van der Waals surface area (Å²) in [6.45, 7) is 0. The second-order valence-corrected chi connectivity index (χ2v) is 13.3. The van der Waals surface area contributed by atoms with Crippen LogP contribution in [0.4, 0.5) is 87.8 Å². The van der Waals surface area contributed by atoms with Gasteiger partial charge in [-0.05, 0) is 0 Å². The summed E-state index contributed by atoms with van der Waals surface area (Å²) in [6.07, 6.45) is -16.6. The topological polar surface area (TPSA) is 18.5 Å². The number of hydrogen-bond donors (Lipinski definition) is 0. The Morgan fingerprint density at radius 2 is 0.541 bits per heavy atom. The number of allylic oxidation sites excluding steroid dienone is 4. The van der Waals surface area contributed by atoms with E-state index in [1.54, 1.807) is 0 Å². The van der Waals surface area contributed by atoms with Crippen molar-refractivity contribution < 1.29 is 96.0 Å². The summed E-state index contributed by atoms with van der Waals surface area (Å²) in [6, 6.07) is 0. The molecule has 25 heteroatoms. The number of alkyl halides is 8. The molecule has 0 saturated carbocycles. The lowest BCUT2D eigenvalue weighted by Gasteiger charge is -2.32. The molecule has 0 N–H and O–H groups in total. The van der Waals surface area contributed by atoms with Crippen molar-refractivity contribution in [3.8, 4) is 0 Å². The Labute approximate surface area is 195 Å². The fourth-order valence-corrected chi connectivity index (χ4v) is 9.74. The van der Waals surface area contributed by atoms with Gasteiger partial charge in [0.25, 0.3) is 10.0 Å². The van der Waals surface area contributed by atoms with Crippen LogP contribution in [0.5, 0.6) is 0 Å². The van der Waals surface area contributed by atoms with Gasteiger partial charge in [0.15, 0.2) is 0 Å². The van der Waals surface area contributed by atoms with Crippen molar-refractivity contribution in [2.45, 2.75) is 22.2 Å². The second kappa shape index (κ2) is 12.3. The molecule has 0 radical (unpaired) electrons. The molecule has 0 amide bonds. The Morgan fingerprint density at radius 1 is 0.378 bits per heavy atom. The second-order valence-electron chi connectivity index (χ2n) is 6.00. The van der Waals surface area contributed by atoms with Crippen molar-refractivity contribution in [3.05, 3.63) is 47.6 Å². The van der Waals surface area contributed by atoms with Gasteiger partial charge in [-0.3, -0.25) is 0 Å². The third-order valence-corrected chi connectivity index (χ3v) is 11.0. The molecule has 0 saturated heterocycles. The number of halogens is 20. The van der Waals surface area contributed by atoms with Crippen molar-refractivity contribution in [2.75, 3.05) is 0 Å². The van der Waals surface area contributed by atoms with E-state index in [4.69, 9.17) is 0 Å². The van der Waals surface area contributed by atoms with Crippen LogP contribution in [0.15, 0.2) is 47.6 Å². The van der Waals surface area contributed by atoms with Crippen LogP contribution in [0.1, 0.15) is 0 Å². The van der Waals surface area contributed by atoms with Gasteiger partial charge in [-0.2, -0.15) is 52.7 Å². The van der Waals surface area contributed by atoms with E-state index in [1.807, 2.05) is 0 Å². The molecule has 0 heterocycles. The Morgan fingerprint density at radius 3 is 0.676 bits per heavy atom. The van der Waals surface area contributed by atoms with Gasteiger partial charge in [0.1, 0.15) is 0 Å². The Balaban J connectivity index is 6.74. The van der Waals surface area contributed by atoms with Crippen LogP contribution in [0.3, 0.4) is 0 Å². The molecule has 2 nitrogen and oxygen atoms in total. The van der Waals surface area contributed by atoms with Gasteiger partial charge in [-0.15, -0.1) is 0 Å². The van der Waals surface area contributed by atoms with Gasteiger partial charge < -0.3 is 8.23 Å². The predicted molar refractivity (Wildman–Crippen MR) is 86.2 cm³/mol. The maximum Gasteiger partial charge on any atom is 0.343 e. The summed E-state index contributed by atoms with van der Waals surface area (Å²) in [7, 11) is -19.1. The normalized spacial score (nSPS) is 13.1. The van der Waals surface area contributed by atoms with Gasteiger partial charge in [0, 0.05) is 0 Å². The summed E-state index contributed by atoms with van der Waals surface area (Å²) < 4.78 is 266. The zero-order chi connectivity index (χ0) is 29.9. The van der Waals surface area contributed by atoms with Crippen LogP contribution >= 0.6 is 0 Å². The predicted octanol–water partition coefficient (Wildman–Crippen LogP) is 6.47. The van der Waals surface area contributed by atoms with E-state index in [0.29, 0.717) is 0 Å². The summed E-state index contributed by atoms with van der Waals surface area (Å²) in [5.41, 5.74) is -25.9. The summed E-state index contributed by atoms with van der Waals surface area (Å²) in [5.74, 6) is -16.8. The van der Waals surface area contributed by atoms with Gasteiger partial charge >= 0.3 is 64.6 Å². The van der Waals surface area contributed by atoms with Crippen LogP contribution in [-0.4, -0.2) is 50.3 Å². The molecule has 0 unspecified atom stereocenters. The van der Waals surface area contributed by atoms with Crippen LogP contribution in [0.2, 0.25) is 0 Å². The molecule has 0 rings (SSSR count). The average molecular weight is 644 g/mol. The molecule has 37 heavy (non-hydrogen) atoms. The third kappa shape index (κ3) is 7.59. The average Bonchev–Trinajstić information content (AvgIpc) is 2.75. The minimum absolute atomic E-state index is 3.27. The van der Waals surface area contributed by atoms with Gasteiger partial charge in [-0.1, -0.05) is 0 Å². The zero-order valence-electron chi connectivity index (χ0n) is 16.2. The Hall–Kier alpha value is -1.87. The van der Waals surface area contributed by atoms with Crippen molar-refractivity contribution >= 4 is 28.1 Å². The standard InChI is InChI=1S/C12H4F20O2Si3/c13-1(5(17)18)9(25,26)36(10(27,28)2(14)6(19)20)33-35-34-37(11(29,30)3(15)7(21)22)12(31,32)4(16)8(23)24/h36-37H,35H2. The summed E-state index contributed by atoms with van der Waals surface area (Å²) in [5, 5.41) is 0. The van der Waals surface area contributed by atoms with Crippen molar-refractivity contribution in [1.82, 2.24) is 0 Å². The lowest BCUT2D eigenvalue weighted by Crippen LogP contribution is -2.59. The molecule has 0 bridgehead atoms. The first-order valence-electron chi connectivity index (χ1n) is 7.98. The molecule has 0 aromatic rings. The van der Waals surface area contributed by atoms with Crippen molar-refractivity contribution in [3.63, 3.8) is 0 Å². The van der Waals surface area contributed by atoms with Gasteiger partial charge in [-0.25, -0.2) is 35.1 Å². The van der Waals surface area contributed by atoms with Crippen LogP contribution in [0.25, 0.3) is 0 Å². The Kier molecular flexibility index (Phi) is 11.7. The van der Waals surface area contributed by atoms with E-state index in [1.165, 1.54) is 0 Å². The minimum Gasteiger partial charge on any atom is -0.434 e. The monoisotopic (exact) mass is 644 g/mol. The molecule has 0 aliphatic carbocycles.